The van der Waals surface area contributed by atoms with Crippen LogP contribution in [0.15, 0.2) is 24.3 Å². The SMILES string of the molecule is CC[C@H](CC#N)NC(=O)Nc1cccc(OC(F)(F)F)c1. The van der Waals surface area contributed by atoms with Gasteiger partial charge in [0.05, 0.1) is 12.5 Å². The summed E-state index contributed by atoms with van der Waals surface area (Å²) in [6, 6.07) is 5.95. The summed E-state index contributed by atoms with van der Waals surface area (Å²) in [5.74, 6) is -0.427. The highest BCUT2D eigenvalue weighted by atomic mass is 19.4. The molecule has 1 aromatic carbocycles. The molecule has 0 aliphatic carbocycles. The van der Waals surface area contributed by atoms with Gasteiger partial charge in [-0.2, -0.15) is 5.26 Å². The van der Waals surface area contributed by atoms with Crippen LogP contribution in [0, 0.1) is 11.3 Å². The van der Waals surface area contributed by atoms with Crippen molar-refractivity contribution < 1.29 is 22.7 Å². The molecule has 0 heterocycles. The highest BCUT2D eigenvalue weighted by Gasteiger charge is 2.31. The van der Waals surface area contributed by atoms with Crippen molar-refractivity contribution in [3.8, 4) is 11.8 Å². The summed E-state index contributed by atoms with van der Waals surface area (Å²) in [7, 11) is 0. The standard InChI is InChI=1S/C13H14F3N3O2/c1-2-9(6-7-17)18-12(20)19-10-4-3-5-11(8-10)21-13(14,15)16/h3-5,8-9H,2,6H2,1H3,(H2,18,19,20)/t9-/m1/s1. The molecule has 0 bridgehead atoms. The van der Waals surface area contributed by atoms with E-state index in [0.29, 0.717) is 6.42 Å². The van der Waals surface area contributed by atoms with Crippen LogP contribution in [0.1, 0.15) is 19.8 Å². The van der Waals surface area contributed by atoms with Crippen LogP contribution in [0.2, 0.25) is 0 Å². The molecule has 5 nitrogen and oxygen atoms in total. The molecule has 0 unspecified atom stereocenters. The molecular weight excluding hydrogens is 287 g/mol. The number of anilines is 1. The molecule has 8 heteroatoms. The third kappa shape index (κ3) is 6.51. The second-order valence-corrected chi connectivity index (χ2v) is 4.14. The lowest BCUT2D eigenvalue weighted by Crippen LogP contribution is -2.37. The lowest BCUT2D eigenvalue weighted by atomic mass is 10.2. The van der Waals surface area contributed by atoms with E-state index in [-0.39, 0.29) is 18.2 Å². The number of amides is 2. The number of hydrogen-bond acceptors (Lipinski definition) is 3. The van der Waals surface area contributed by atoms with Gasteiger partial charge in [-0.1, -0.05) is 13.0 Å². The van der Waals surface area contributed by atoms with Crippen LogP contribution >= 0.6 is 0 Å². The summed E-state index contributed by atoms with van der Waals surface area (Å²) < 4.78 is 40.0. The van der Waals surface area contributed by atoms with Crippen LogP contribution in [0.5, 0.6) is 5.75 Å². The van der Waals surface area contributed by atoms with Gasteiger partial charge in [0.15, 0.2) is 0 Å². The monoisotopic (exact) mass is 301 g/mol. The molecule has 2 amide bonds. The van der Waals surface area contributed by atoms with E-state index < -0.39 is 18.1 Å². The van der Waals surface area contributed by atoms with Gasteiger partial charge >= 0.3 is 12.4 Å². The van der Waals surface area contributed by atoms with Crippen molar-refractivity contribution in [2.24, 2.45) is 0 Å². The molecule has 1 aromatic rings. The van der Waals surface area contributed by atoms with E-state index in [1.165, 1.54) is 12.1 Å². The van der Waals surface area contributed by atoms with Gasteiger partial charge in [0, 0.05) is 17.8 Å². The van der Waals surface area contributed by atoms with Gasteiger partial charge in [0.2, 0.25) is 0 Å². The van der Waals surface area contributed by atoms with Crippen molar-refractivity contribution in [3.63, 3.8) is 0 Å². The molecule has 1 rings (SSSR count). The number of hydrogen-bond donors (Lipinski definition) is 2. The third-order valence-corrected chi connectivity index (χ3v) is 2.49. The topological polar surface area (TPSA) is 74.2 Å². The maximum absolute atomic E-state index is 12.1. The van der Waals surface area contributed by atoms with E-state index in [0.717, 1.165) is 12.1 Å². The van der Waals surface area contributed by atoms with E-state index in [1.54, 1.807) is 6.92 Å². The Morgan fingerprint density at radius 3 is 2.76 bits per heavy atom. The van der Waals surface area contributed by atoms with Crippen molar-refractivity contribution >= 4 is 11.7 Å². The second-order valence-electron chi connectivity index (χ2n) is 4.14. The van der Waals surface area contributed by atoms with Crippen molar-refractivity contribution in [1.82, 2.24) is 5.32 Å². The summed E-state index contributed by atoms with van der Waals surface area (Å²) in [5.41, 5.74) is 0.154. The minimum atomic E-state index is -4.79. The molecular formula is C13H14F3N3O2. The Morgan fingerprint density at radius 1 is 1.48 bits per heavy atom. The van der Waals surface area contributed by atoms with E-state index in [2.05, 4.69) is 15.4 Å². The lowest BCUT2D eigenvalue weighted by molar-refractivity contribution is -0.274. The van der Waals surface area contributed by atoms with Crippen LogP contribution < -0.4 is 15.4 Å². The van der Waals surface area contributed by atoms with Gasteiger partial charge in [0.1, 0.15) is 5.75 Å². The molecule has 0 fully saturated rings. The van der Waals surface area contributed by atoms with Crippen LogP contribution in [0.4, 0.5) is 23.7 Å². The molecule has 0 aromatic heterocycles. The lowest BCUT2D eigenvalue weighted by Gasteiger charge is -2.15. The van der Waals surface area contributed by atoms with E-state index >= 15 is 0 Å². The zero-order valence-electron chi connectivity index (χ0n) is 11.2. The van der Waals surface area contributed by atoms with Crippen molar-refractivity contribution in [2.75, 3.05) is 5.32 Å². The maximum atomic E-state index is 12.1. The number of nitriles is 1. The summed E-state index contributed by atoms with van der Waals surface area (Å²) in [6.07, 6.45) is -4.07. The molecule has 0 aliphatic rings. The number of rotatable bonds is 5. The Morgan fingerprint density at radius 2 is 2.19 bits per heavy atom. The number of nitrogens with one attached hydrogen (secondary N) is 2. The Bertz CT molecular complexity index is 526. The number of carbonyl (C=O) groups excluding carboxylic acids is 1. The van der Waals surface area contributed by atoms with E-state index in [4.69, 9.17) is 5.26 Å². The Kier molecular flexibility index (Phi) is 5.84. The molecule has 0 radical (unpaired) electrons. The number of alkyl halides is 3. The number of urea groups is 1. The summed E-state index contributed by atoms with van der Waals surface area (Å²) in [6.45, 7) is 1.81. The number of nitrogens with zero attached hydrogens (tertiary/aromatic N) is 1. The van der Waals surface area contributed by atoms with Crippen molar-refractivity contribution in [1.29, 1.82) is 5.26 Å². The molecule has 0 saturated carbocycles. The second kappa shape index (κ2) is 7.38. The first-order valence-corrected chi connectivity index (χ1v) is 6.14. The first kappa shape index (κ1) is 16.6. The van der Waals surface area contributed by atoms with Crippen LogP contribution in [0.3, 0.4) is 0 Å². The minimum Gasteiger partial charge on any atom is -0.406 e. The smallest absolute Gasteiger partial charge is 0.406 e. The van der Waals surface area contributed by atoms with Gasteiger partial charge in [-0.15, -0.1) is 13.2 Å². The highest BCUT2D eigenvalue weighted by molar-refractivity contribution is 5.89. The molecule has 0 aliphatic heterocycles. The predicted molar refractivity (Wildman–Crippen MR) is 69.6 cm³/mol. The highest BCUT2D eigenvalue weighted by Crippen LogP contribution is 2.24. The summed E-state index contributed by atoms with van der Waals surface area (Å²) in [5, 5.41) is 13.5. The van der Waals surface area contributed by atoms with Gasteiger partial charge in [-0.25, -0.2) is 4.79 Å². The molecule has 114 valence electrons. The average Bonchev–Trinajstić information content (AvgIpc) is 2.36. The molecule has 0 saturated heterocycles. The van der Waals surface area contributed by atoms with Gasteiger partial charge < -0.3 is 15.4 Å². The molecule has 21 heavy (non-hydrogen) atoms. The fourth-order valence-corrected chi connectivity index (χ4v) is 1.53. The zero-order valence-corrected chi connectivity index (χ0v) is 11.2. The Labute approximate surface area is 119 Å². The normalized spacial score (nSPS) is 12.1. The van der Waals surface area contributed by atoms with E-state index in [9.17, 15) is 18.0 Å². The number of halogens is 3. The summed E-state index contributed by atoms with van der Waals surface area (Å²) >= 11 is 0. The molecule has 0 spiro atoms. The quantitative estimate of drug-likeness (QED) is 0.875. The number of carbonyl (C=O) groups is 1. The fraction of sp³-hybridized carbons (Fsp3) is 0.385. The molecule has 1 atom stereocenters. The Hall–Kier alpha value is -2.43. The largest absolute Gasteiger partial charge is 0.573 e. The fourth-order valence-electron chi connectivity index (χ4n) is 1.53. The first-order chi connectivity index (χ1) is 9.84. The molecule has 2 N–H and O–H groups in total. The minimum absolute atomic E-state index is 0.154. The van der Waals surface area contributed by atoms with Crippen molar-refractivity contribution in [3.05, 3.63) is 24.3 Å². The van der Waals surface area contributed by atoms with Crippen LogP contribution in [-0.4, -0.2) is 18.4 Å². The van der Waals surface area contributed by atoms with Gasteiger partial charge in [-0.05, 0) is 18.6 Å². The van der Waals surface area contributed by atoms with Crippen LogP contribution in [0.25, 0.3) is 0 Å². The predicted octanol–water partition coefficient (Wildman–Crippen LogP) is 3.40. The van der Waals surface area contributed by atoms with E-state index in [1.807, 2.05) is 6.07 Å². The van der Waals surface area contributed by atoms with Gasteiger partial charge in [-0.3, -0.25) is 0 Å². The van der Waals surface area contributed by atoms with Crippen LogP contribution in [-0.2, 0) is 0 Å². The summed E-state index contributed by atoms with van der Waals surface area (Å²) in [4.78, 5) is 11.7. The van der Waals surface area contributed by atoms with Crippen molar-refractivity contribution in [2.45, 2.75) is 32.2 Å². The first-order valence-electron chi connectivity index (χ1n) is 6.14. The number of ether oxygens (including phenoxy) is 1. The maximum Gasteiger partial charge on any atom is 0.573 e. The average molecular weight is 301 g/mol. The Balaban J connectivity index is 2.64. The van der Waals surface area contributed by atoms with Gasteiger partial charge in [0.25, 0.3) is 0 Å². The number of benzene rings is 1. The third-order valence-electron chi connectivity index (χ3n) is 2.49. The zero-order chi connectivity index (χ0) is 15.9.